The van der Waals surface area contributed by atoms with Crippen LogP contribution in [0.1, 0.15) is 31.2 Å². The minimum atomic E-state index is -0.440. The monoisotopic (exact) mass is 390 g/mol. The van der Waals surface area contributed by atoms with Gasteiger partial charge in [-0.05, 0) is 41.0 Å². The smallest absolute Gasteiger partial charge is 0.321 e. The Bertz CT molecular complexity index is 773. The summed E-state index contributed by atoms with van der Waals surface area (Å²) in [4.78, 5) is 23.8. The van der Waals surface area contributed by atoms with Crippen molar-refractivity contribution >= 4 is 23.7 Å². The summed E-state index contributed by atoms with van der Waals surface area (Å²) in [6.45, 7) is 0.475. The number of methoxy groups -OCH3 is 1. The maximum atomic E-state index is 12.0. The molecule has 3 amide bonds. The second kappa shape index (κ2) is 9.36. The van der Waals surface area contributed by atoms with Crippen LogP contribution in [0, 0.1) is 0 Å². The number of carbonyl (C=O) groups excluding carboxylic acids is 2. The number of aromatic nitrogens is 4. The molecule has 0 unspecified atom stereocenters. The van der Waals surface area contributed by atoms with Crippen LogP contribution >= 0.6 is 11.8 Å². The minimum Gasteiger partial charge on any atom is -0.497 e. The number of ether oxygens (including phenoxy) is 1. The van der Waals surface area contributed by atoms with Crippen LogP contribution in [0.5, 0.6) is 5.75 Å². The molecule has 1 saturated carbocycles. The zero-order valence-corrected chi connectivity index (χ0v) is 15.9. The summed E-state index contributed by atoms with van der Waals surface area (Å²) in [5.41, 5.74) is 1.00. The number of nitrogens with one attached hydrogen (secondary N) is 2. The highest BCUT2D eigenvalue weighted by Crippen LogP contribution is 2.18. The number of rotatable bonds is 7. The van der Waals surface area contributed by atoms with E-state index in [-0.39, 0.29) is 17.7 Å². The van der Waals surface area contributed by atoms with Gasteiger partial charge in [0.2, 0.25) is 11.1 Å². The average Bonchev–Trinajstić information content (AvgIpc) is 3.32. The summed E-state index contributed by atoms with van der Waals surface area (Å²) < 4.78 is 6.75. The van der Waals surface area contributed by atoms with Crippen LogP contribution in [0.3, 0.4) is 0 Å². The number of nitrogens with zero attached hydrogens (tertiary/aromatic N) is 4. The number of carbonyl (C=O) groups is 2. The van der Waals surface area contributed by atoms with E-state index in [2.05, 4.69) is 26.2 Å². The second-order valence-electron chi connectivity index (χ2n) is 6.26. The van der Waals surface area contributed by atoms with Crippen molar-refractivity contribution in [2.45, 2.75) is 43.4 Å². The number of hydrogen-bond donors (Lipinski definition) is 2. The number of benzene rings is 1. The number of urea groups is 1. The lowest BCUT2D eigenvalue weighted by Gasteiger charge is -2.12. The van der Waals surface area contributed by atoms with Gasteiger partial charge in [0.25, 0.3) is 0 Å². The van der Waals surface area contributed by atoms with E-state index >= 15 is 0 Å². The van der Waals surface area contributed by atoms with Crippen molar-refractivity contribution in [3.05, 3.63) is 29.8 Å². The SMILES string of the molecule is COc1ccc(Cn2nnnc2SCC(=O)NC(=O)NC2CCCC2)cc1. The zero-order chi connectivity index (χ0) is 19.1. The Labute approximate surface area is 161 Å². The van der Waals surface area contributed by atoms with Gasteiger partial charge in [0.05, 0.1) is 19.4 Å². The van der Waals surface area contributed by atoms with Crippen LogP contribution < -0.4 is 15.4 Å². The molecule has 27 heavy (non-hydrogen) atoms. The fraction of sp³-hybridized carbons (Fsp3) is 0.471. The lowest BCUT2D eigenvalue weighted by atomic mass is 10.2. The average molecular weight is 390 g/mol. The first-order valence-electron chi connectivity index (χ1n) is 8.76. The Hall–Kier alpha value is -2.62. The van der Waals surface area contributed by atoms with Crippen molar-refractivity contribution in [3.8, 4) is 5.75 Å². The molecule has 1 aromatic heterocycles. The van der Waals surface area contributed by atoms with E-state index in [4.69, 9.17) is 4.74 Å². The van der Waals surface area contributed by atoms with Gasteiger partial charge >= 0.3 is 6.03 Å². The maximum absolute atomic E-state index is 12.0. The number of amides is 3. The number of hydrogen-bond acceptors (Lipinski definition) is 7. The molecule has 2 N–H and O–H groups in total. The van der Waals surface area contributed by atoms with Crippen LogP contribution in [-0.4, -0.2) is 51.1 Å². The van der Waals surface area contributed by atoms with Crippen molar-refractivity contribution in [2.24, 2.45) is 0 Å². The van der Waals surface area contributed by atoms with E-state index in [1.807, 2.05) is 24.3 Å². The van der Waals surface area contributed by atoms with Gasteiger partial charge in [-0.1, -0.05) is 36.7 Å². The molecule has 0 aliphatic heterocycles. The van der Waals surface area contributed by atoms with Crippen molar-refractivity contribution in [1.29, 1.82) is 0 Å². The van der Waals surface area contributed by atoms with E-state index in [0.717, 1.165) is 37.0 Å². The molecule has 1 aromatic carbocycles. The van der Waals surface area contributed by atoms with Gasteiger partial charge in [-0.2, -0.15) is 0 Å². The maximum Gasteiger partial charge on any atom is 0.321 e. The zero-order valence-electron chi connectivity index (χ0n) is 15.1. The molecular formula is C17H22N6O3S. The first-order chi connectivity index (χ1) is 13.1. The highest BCUT2D eigenvalue weighted by Gasteiger charge is 2.18. The second-order valence-corrected chi connectivity index (χ2v) is 7.20. The van der Waals surface area contributed by atoms with E-state index in [1.54, 1.807) is 11.8 Å². The first kappa shape index (κ1) is 19.2. The van der Waals surface area contributed by atoms with E-state index in [1.165, 1.54) is 11.8 Å². The first-order valence-corrected chi connectivity index (χ1v) is 9.75. The van der Waals surface area contributed by atoms with E-state index < -0.39 is 6.03 Å². The third kappa shape index (κ3) is 5.68. The molecule has 144 valence electrons. The molecule has 1 aliphatic rings. The Morgan fingerprint density at radius 3 is 2.70 bits per heavy atom. The van der Waals surface area contributed by atoms with Gasteiger partial charge in [-0.3, -0.25) is 10.1 Å². The number of imide groups is 1. The fourth-order valence-corrected chi connectivity index (χ4v) is 3.56. The molecule has 0 radical (unpaired) electrons. The van der Waals surface area contributed by atoms with Crippen LogP contribution in [-0.2, 0) is 11.3 Å². The third-order valence-electron chi connectivity index (χ3n) is 4.27. The molecule has 9 nitrogen and oxygen atoms in total. The van der Waals surface area contributed by atoms with Crippen LogP contribution in [0.15, 0.2) is 29.4 Å². The standard InChI is InChI=1S/C17H22N6O3S/c1-26-14-8-6-12(7-9-14)10-23-17(20-21-22-23)27-11-15(24)19-16(25)18-13-4-2-3-5-13/h6-9,13H,2-5,10-11H2,1H3,(H2,18,19,24,25). The fourth-order valence-electron chi connectivity index (χ4n) is 2.89. The molecule has 10 heteroatoms. The summed E-state index contributed by atoms with van der Waals surface area (Å²) in [6.07, 6.45) is 4.17. The van der Waals surface area contributed by atoms with Crippen molar-refractivity contribution in [3.63, 3.8) is 0 Å². The van der Waals surface area contributed by atoms with Crippen molar-refractivity contribution in [1.82, 2.24) is 30.8 Å². The molecule has 0 saturated heterocycles. The normalized spacial score (nSPS) is 14.1. The lowest BCUT2D eigenvalue weighted by molar-refractivity contribution is -0.117. The minimum absolute atomic E-state index is 0.0566. The summed E-state index contributed by atoms with van der Waals surface area (Å²) in [6, 6.07) is 7.31. The summed E-state index contributed by atoms with van der Waals surface area (Å²) in [5, 5.41) is 17.2. The molecule has 1 fully saturated rings. The van der Waals surface area contributed by atoms with Crippen LogP contribution in [0.2, 0.25) is 0 Å². The van der Waals surface area contributed by atoms with E-state index in [0.29, 0.717) is 11.7 Å². The molecule has 0 atom stereocenters. The van der Waals surface area contributed by atoms with Gasteiger partial charge in [0, 0.05) is 6.04 Å². The quantitative estimate of drug-likeness (QED) is 0.691. The van der Waals surface area contributed by atoms with E-state index in [9.17, 15) is 9.59 Å². The summed E-state index contributed by atoms with van der Waals surface area (Å²) in [7, 11) is 1.62. The molecule has 1 heterocycles. The van der Waals surface area contributed by atoms with Crippen molar-refractivity contribution in [2.75, 3.05) is 12.9 Å². The van der Waals surface area contributed by atoms with Gasteiger partial charge in [0.1, 0.15) is 5.75 Å². The predicted molar refractivity (Wildman–Crippen MR) is 99.6 cm³/mol. The van der Waals surface area contributed by atoms with Gasteiger partial charge in [0.15, 0.2) is 0 Å². The Kier molecular flexibility index (Phi) is 6.64. The Balaban J connectivity index is 1.47. The summed E-state index contributed by atoms with van der Waals surface area (Å²) in [5.74, 6) is 0.452. The molecule has 1 aliphatic carbocycles. The highest BCUT2D eigenvalue weighted by atomic mass is 32.2. The third-order valence-corrected chi connectivity index (χ3v) is 5.22. The number of tetrazole rings is 1. The molecule has 0 bridgehead atoms. The predicted octanol–water partition coefficient (Wildman–Crippen LogP) is 1.59. The number of thioether (sulfide) groups is 1. The van der Waals surface area contributed by atoms with Crippen LogP contribution in [0.4, 0.5) is 4.79 Å². The molecule has 3 rings (SSSR count). The molecule has 0 spiro atoms. The lowest BCUT2D eigenvalue weighted by Crippen LogP contribution is -2.44. The van der Waals surface area contributed by atoms with Gasteiger partial charge in [-0.15, -0.1) is 5.10 Å². The van der Waals surface area contributed by atoms with Crippen molar-refractivity contribution < 1.29 is 14.3 Å². The molecule has 2 aromatic rings. The Morgan fingerprint density at radius 1 is 1.26 bits per heavy atom. The Morgan fingerprint density at radius 2 is 2.00 bits per heavy atom. The van der Waals surface area contributed by atoms with Crippen LogP contribution in [0.25, 0.3) is 0 Å². The van der Waals surface area contributed by atoms with Gasteiger partial charge in [-0.25, -0.2) is 9.48 Å². The van der Waals surface area contributed by atoms with Gasteiger partial charge < -0.3 is 10.1 Å². The highest BCUT2D eigenvalue weighted by molar-refractivity contribution is 7.99. The topological polar surface area (TPSA) is 111 Å². The molecular weight excluding hydrogens is 368 g/mol. The summed E-state index contributed by atoms with van der Waals surface area (Å²) >= 11 is 1.18. The largest absolute Gasteiger partial charge is 0.497 e.